The third-order valence-electron chi connectivity index (χ3n) is 5.12. The van der Waals surface area contributed by atoms with E-state index < -0.39 is 6.10 Å². The highest BCUT2D eigenvalue weighted by atomic mass is 32.2. The lowest BCUT2D eigenvalue weighted by molar-refractivity contribution is 0.0328. The number of furan rings is 1. The number of nitrogens with zero attached hydrogens (tertiary/aromatic N) is 4. The Morgan fingerprint density at radius 2 is 1.97 bits per heavy atom. The first-order valence-corrected chi connectivity index (χ1v) is 11.5. The molecule has 1 fully saturated rings. The standard InChI is InChI=1S/C22H28N4O4S/c1-28-20-10-4-3-9-19(20)26-21(25-11-5-2-6-12-25)23-24-22(26)31-16-17(27)14-29-15-18-8-7-13-30-18/h3-4,7-10,13,17,27H,2,5-6,11-12,14-16H2,1H3. The van der Waals surface area contributed by atoms with Crippen molar-refractivity contribution in [3.8, 4) is 11.4 Å². The van der Waals surface area contributed by atoms with Crippen molar-refractivity contribution in [3.63, 3.8) is 0 Å². The van der Waals surface area contributed by atoms with Crippen molar-refractivity contribution < 1.29 is 19.0 Å². The Bertz CT molecular complexity index is 941. The molecule has 9 heteroatoms. The lowest BCUT2D eigenvalue weighted by Gasteiger charge is -2.28. The van der Waals surface area contributed by atoms with E-state index in [1.807, 2.05) is 41.0 Å². The Hall–Kier alpha value is -2.49. The number of anilines is 1. The first-order chi connectivity index (χ1) is 15.3. The summed E-state index contributed by atoms with van der Waals surface area (Å²) in [4.78, 5) is 2.27. The molecule has 3 aromatic rings. The quantitative estimate of drug-likeness (QED) is 0.476. The monoisotopic (exact) mass is 444 g/mol. The van der Waals surface area contributed by atoms with E-state index in [-0.39, 0.29) is 6.61 Å². The summed E-state index contributed by atoms with van der Waals surface area (Å²) < 4.78 is 18.4. The molecule has 0 aliphatic carbocycles. The fourth-order valence-corrected chi connectivity index (χ4v) is 4.43. The minimum Gasteiger partial charge on any atom is -0.495 e. The zero-order valence-electron chi connectivity index (χ0n) is 17.6. The van der Waals surface area contributed by atoms with Gasteiger partial charge in [0.2, 0.25) is 5.95 Å². The lowest BCUT2D eigenvalue weighted by Crippen LogP contribution is -2.31. The Balaban J connectivity index is 1.48. The molecule has 31 heavy (non-hydrogen) atoms. The number of para-hydroxylation sites is 2. The summed E-state index contributed by atoms with van der Waals surface area (Å²) in [5, 5.41) is 20.1. The number of aromatic nitrogens is 3. The van der Waals surface area contributed by atoms with Gasteiger partial charge < -0.3 is 23.9 Å². The highest BCUT2D eigenvalue weighted by Crippen LogP contribution is 2.33. The Morgan fingerprint density at radius 3 is 2.74 bits per heavy atom. The second-order valence-electron chi connectivity index (χ2n) is 7.40. The van der Waals surface area contributed by atoms with Crippen LogP contribution in [-0.4, -0.2) is 58.5 Å². The molecule has 4 rings (SSSR count). The van der Waals surface area contributed by atoms with E-state index in [0.29, 0.717) is 12.4 Å². The molecule has 1 aliphatic rings. The minimum absolute atomic E-state index is 0.218. The van der Waals surface area contributed by atoms with Gasteiger partial charge >= 0.3 is 0 Å². The van der Waals surface area contributed by atoms with Gasteiger partial charge in [-0.15, -0.1) is 10.2 Å². The van der Waals surface area contributed by atoms with E-state index in [4.69, 9.17) is 13.9 Å². The number of aliphatic hydroxyl groups is 1. The van der Waals surface area contributed by atoms with Gasteiger partial charge in [0, 0.05) is 18.8 Å². The van der Waals surface area contributed by atoms with E-state index in [1.54, 1.807) is 13.4 Å². The number of hydrogen-bond acceptors (Lipinski definition) is 8. The van der Waals surface area contributed by atoms with Crippen molar-refractivity contribution in [2.24, 2.45) is 0 Å². The molecule has 0 spiro atoms. The summed E-state index contributed by atoms with van der Waals surface area (Å²) in [6, 6.07) is 11.5. The average molecular weight is 445 g/mol. The first kappa shape index (κ1) is 21.7. The van der Waals surface area contributed by atoms with Crippen molar-refractivity contribution in [3.05, 3.63) is 48.4 Å². The molecule has 1 aromatic carbocycles. The molecule has 0 saturated carbocycles. The van der Waals surface area contributed by atoms with Crippen LogP contribution in [-0.2, 0) is 11.3 Å². The molecular weight excluding hydrogens is 416 g/mol. The van der Waals surface area contributed by atoms with Crippen LogP contribution in [0.4, 0.5) is 5.95 Å². The molecule has 1 unspecified atom stereocenters. The number of ether oxygens (including phenoxy) is 2. The third-order valence-corrected chi connectivity index (χ3v) is 6.19. The lowest BCUT2D eigenvalue weighted by atomic mass is 10.1. The van der Waals surface area contributed by atoms with Gasteiger partial charge in [0.1, 0.15) is 18.1 Å². The smallest absolute Gasteiger partial charge is 0.232 e. The van der Waals surface area contributed by atoms with Crippen LogP contribution >= 0.6 is 11.8 Å². The number of thioether (sulfide) groups is 1. The van der Waals surface area contributed by atoms with Crippen LogP contribution in [0.25, 0.3) is 5.69 Å². The summed E-state index contributed by atoms with van der Waals surface area (Å²) >= 11 is 1.46. The number of hydrogen-bond donors (Lipinski definition) is 1. The molecule has 1 saturated heterocycles. The van der Waals surface area contributed by atoms with E-state index >= 15 is 0 Å². The highest BCUT2D eigenvalue weighted by molar-refractivity contribution is 7.99. The Morgan fingerprint density at radius 1 is 1.13 bits per heavy atom. The average Bonchev–Trinajstić information content (AvgIpc) is 3.48. The van der Waals surface area contributed by atoms with Crippen LogP contribution in [0.3, 0.4) is 0 Å². The molecule has 2 aromatic heterocycles. The van der Waals surface area contributed by atoms with Gasteiger partial charge in [0.15, 0.2) is 5.16 Å². The maximum absolute atomic E-state index is 10.4. The maximum Gasteiger partial charge on any atom is 0.232 e. The number of benzene rings is 1. The summed E-state index contributed by atoms with van der Waals surface area (Å²) in [5.74, 6) is 2.74. The molecule has 166 valence electrons. The molecule has 1 aliphatic heterocycles. The van der Waals surface area contributed by atoms with Crippen LogP contribution < -0.4 is 9.64 Å². The summed E-state index contributed by atoms with van der Waals surface area (Å²) in [5.41, 5.74) is 0.890. The van der Waals surface area contributed by atoms with Crippen molar-refractivity contribution >= 4 is 17.7 Å². The molecule has 1 atom stereocenters. The largest absolute Gasteiger partial charge is 0.495 e. The SMILES string of the molecule is COc1ccccc1-n1c(SCC(O)COCc2ccco2)nnc1N1CCCCC1. The van der Waals surface area contributed by atoms with E-state index in [0.717, 1.165) is 54.2 Å². The van der Waals surface area contributed by atoms with E-state index in [2.05, 4.69) is 15.1 Å². The van der Waals surface area contributed by atoms with Crippen molar-refractivity contribution in [1.29, 1.82) is 0 Å². The predicted octanol–water partition coefficient (Wildman–Crippen LogP) is 3.53. The number of piperidine rings is 1. The zero-order chi connectivity index (χ0) is 21.5. The molecule has 3 heterocycles. The van der Waals surface area contributed by atoms with E-state index in [9.17, 15) is 5.11 Å². The van der Waals surface area contributed by atoms with Gasteiger partial charge in [-0.1, -0.05) is 23.9 Å². The molecular formula is C22H28N4O4S. The van der Waals surface area contributed by atoms with Crippen molar-refractivity contribution in [2.45, 2.75) is 37.1 Å². The van der Waals surface area contributed by atoms with Crippen LogP contribution in [0.2, 0.25) is 0 Å². The predicted molar refractivity (Wildman–Crippen MR) is 119 cm³/mol. The second-order valence-corrected chi connectivity index (χ2v) is 8.38. The van der Waals surface area contributed by atoms with Crippen LogP contribution in [0, 0.1) is 0 Å². The highest BCUT2D eigenvalue weighted by Gasteiger charge is 2.23. The maximum atomic E-state index is 10.4. The van der Waals surface area contributed by atoms with Gasteiger partial charge in [-0.3, -0.25) is 4.57 Å². The summed E-state index contributed by atoms with van der Waals surface area (Å²) in [6.07, 6.45) is 4.50. The molecule has 0 amide bonds. The van der Waals surface area contributed by atoms with Crippen molar-refractivity contribution in [2.75, 3.05) is 37.5 Å². The molecule has 1 N–H and O–H groups in total. The van der Waals surface area contributed by atoms with Crippen LogP contribution in [0.5, 0.6) is 5.75 Å². The zero-order valence-corrected chi connectivity index (χ0v) is 18.5. The van der Waals surface area contributed by atoms with E-state index in [1.165, 1.54) is 18.2 Å². The Kier molecular flexibility index (Phi) is 7.50. The third kappa shape index (κ3) is 5.41. The van der Waals surface area contributed by atoms with Gasteiger partial charge in [-0.25, -0.2) is 0 Å². The second kappa shape index (κ2) is 10.7. The van der Waals surface area contributed by atoms with Crippen LogP contribution in [0.15, 0.2) is 52.2 Å². The normalized spacial score (nSPS) is 15.2. The fraction of sp³-hybridized carbons (Fsp3) is 0.455. The van der Waals surface area contributed by atoms with Crippen molar-refractivity contribution in [1.82, 2.24) is 14.8 Å². The van der Waals surface area contributed by atoms with Gasteiger partial charge in [-0.2, -0.15) is 0 Å². The Labute approximate surface area is 186 Å². The molecule has 8 nitrogen and oxygen atoms in total. The number of rotatable bonds is 10. The van der Waals surface area contributed by atoms with Gasteiger partial charge in [0.25, 0.3) is 0 Å². The molecule has 0 radical (unpaired) electrons. The number of methoxy groups -OCH3 is 1. The minimum atomic E-state index is -0.638. The van der Waals surface area contributed by atoms with Gasteiger partial charge in [-0.05, 0) is 43.5 Å². The molecule has 0 bridgehead atoms. The fourth-order valence-electron chi connectivity index (χ4n) is 3.59. The number of aliphatic hydroxyl groups excluding tert-OH is 1. The summed E-state index contributed by atoms with van der Waals surface area (Å²) in [6.45, 7) is 2.48. The topological polar surface area (TPSA) is 85.8 Å². The van der Waals surface area contributed by atoms with Gasteiger partial charge in [0.05, 0.1) is 31.8 Å². The first-order valence-electron chi connectivity index (χ1n) is 10.5. The van der Waals surface area contributed by atoms with Crippen LogP contribution in [0.1, 0.15) is 25.0 Å². The summed E-state index contributed by atoms with van der Waals surface area (Å²) in [7, 11) is 1.66.